The van der Waals surface area contributed by atoms with Gasteiger partial charge in [-0.05, 0) is 43.0 Å². The van der Waals surface area contributed by atoms with E-state index in [0.29, 0.717) is 22.8 Å². The van der Waals surface area contributed by atoms with Crippen LogP contribution in [0.3, 0.4) is 0 Å². The minimum absolute atomic E-state index is 0.375. The van der Waals surface area contributed by atoms with E-state index in [9.17, 15) is 9.65 Å². The minimum Gasteiger partial charge on any atom is -0.494 e. The Hall–Kier alpha value is -2.61. The molecule has 0 saturated heterocycles. The van der Waals surface area contributed by atoms with Crippen molar-refractivity contribution < 1.29 is 9.13 Å². The second kappa shape index (κ2) is 5.41. The van der Waals surface area contributed by atoms with Crippen LogP contribution in [0.2, 0.25) is 0 Å². The van der Waals surface area contributed by atoms with Gasteiger partial charge >= 0.3 is 0 Å². The van der Waals surface area contributed by atoms with Gasteiger partial charge in [-0.15, -0.1) is 0 Å². The Morgan fingerprint density at radius 2 is 2.19 bits per heavy atom. The fraction of sp³-hybridized carbons (Fsp3) is 0.250. The van der Waals surface area contributed by atoms with Crippen molar-refractivity contribution in [3.63, 3.8) is 0 Å². The van der Waals surface area contributed by atoms with Crippen molar-refractivity contribution in [3.05, 3.63) is 46.9 Å². The highest BCUT2D eigenvalue weighted by atomic mass is 19.1. The largest absolute Gasteiger partial charge is 0.494 e. The molecule has 0 atom stereocenters. The number of aromatic nitrogens is 1. The molecule has 1 aliphatic rings. The Morgan fingerprint density at radius 3 is 2.95 bits per heavy atom. The maximum Gasteiger partial charge on any atom is 0.148 e. The number of benzene rings is 1. The van der Waals surface area contributed by atoms with E-state index in [0.717, 1.165) is 30.5 Å². The van der Waals surface area contributed by atoms with Crippen molar-refractivity contribution in [2.75, 3.05) is 12.4 Å². The molecule has 1 aromatic heterocycles. The molecule has 0 spiro atoms. The third-order valence-corrected chi connectivity index (χ3v) is 3.59. The average Bonchev–Trinajstić information content (AvgIpc) is 2.95. The average molecular weight is 283 g/mol. The van der Waals surface area contributed by atoms with Crippen LogP contribution < -0.4 is 10.1 Å². The quantitative estimate of drug-likeness (QED) is 0.938. The number of nitrogens with zero attached hydrogens (tertiary/aromatic N) is 2. The van der Waals surface area contributed by atoms with Crippen LogP contribution >= 0.6 is 0 Å². The molecule has 0 saturated carbocycles. The zero-order valence-corrected chi connectivity index (χ0v) is 11.6. The summed E-state index contributed by atoms with van der Waals surface area (Å²) in [6.07, 6.45) is 2.96. The number of anilines is 2. The van der Waals surface area contributed by atoms with Crippen LogP contribution in [-0.2, 0) is 12.8 Å². The Morgan fingerprint density at radius 1 is 1.33 bits per heavy atom. The highest BCUT2D eigenvalue weighted by Gasteiger charge is 2.17. The second-order valence-electron chi connectivity index (χ2n) is 4.93. The monoisotopic (exact) mass is 283 g/mol. The third-order valence-electron chi connectivity index (χ3n) is 3.59. The molecule has 0 bridgehead atoms. The molecular formula is C16H14FN3O. The Labute approximate surface area is 122 Å². The van der Waals surface area contributed by atoms with Gasteiger partial charge in [-0.1, -0.05) is 0 Å². The van der Waals surface area contributed by atoms with Gasteiger partial charge in [-0.2, -0.15) is 5.26 Å². The number of methoxy groups -OCH3 is 1. The summed E-state index contributed by atoms with van der Waals surface area (Å²) in [6, 6.07) is 8.24. The van der Waals surface area contributed by atoms with E-state index in [1.54, 1.807) is 6.07 Å². The van der Waals surface area contributed by atoms with Crippen LogP contribution in [0.15, 0.2) is 24.3 Å². The summed E-state index contributed by atoms with van der Waals surface area (Å²) in [5, 5.41) is 12.4. The van der Waals surface area contributed by atoms with Crippen molar-refractivity contribution >= 4 is 11.5 Å². The highest BCUT2D eigenvalue weighted by molar-refractivity contribution is 5.68. The van der Waals surface area contributed by atoms with E-state index in [1.807, 2.05) is 6.07 Å². The van der Waals surface area contributed by atoms with Gasteiger partial charge in [-0.25, -0.2) is 9.37 Å². The van der Waals surface area contributed by atoms with E-state index < -0.39 is 0 Å². The van der Waals surface area contributed by atoms with Gasteiger partial charge in [0.25, 0.3) is 0 Å². The standard InChI is InChI=1S/C16H14FN3O/c1-21-15-8-12(17)5-6-14(15)20-16-11(9-18)7-10-3-2-4-13(10)19-16/h5-8H,2-4H2,1H3,(H,19,20). The Balaban J connectivity index is 2.00. The zero-order chi connectivity index (χ0) is 14.8. The molecule has 2 aromatic rings. The van der Waals surface area contributed by atoms with Gasteiger partial charge in [-0.3, -0.25) is 0 Å². The first-order valence-corrected chi connectivity index (χ1v) is 6.74. The molecule has 3 rings (SSSR count). The van der Waals surface area contributed by atoms with Gasteiger partial charge in [0.1, 0.15) is 23.5 Å². The maximum absolute atomic E-state index is 13.2. The fourth-order valence-corrected chi connectivity index (χ4v) is 2.55. The number of aryl methyl sites for hydroxylation is 2. The molecule has 21 heavy (non-hydrogen) atoms. The topological polar surface area (TPSA) is 57.9 Å². The van der Waals surface area contributed by atoms with Gasteiger partial charge in [0.2, 0.25) is 0 Å². The van der Waals surface area contributed by atoms with Gasteiger partial charge in [0.05, 0.1) is 18.4 Å². The maximum atomic E-state index is 13.2. The lowest BCUT2D eigenvalue weighted by molar-refractivity contribution is 0.413. The summed E-state index contributed by atoms with van der Waals surface area (Å²) >= 11 is 0. The van der Waals surface area contributed by atoms with Gasteiger partial charge in [0, 0.05) is 11.8 Å². The van der Waals surface area contributed by atoms with Crippen LogP contribution in [-0.4, -0.2) is 12.1 Å². The van der Waals surface area contributed by atoms with Crippen molar-refractivity contribution in [1.82, 2.24) is 4.98 Å². The Kier molecular flexibility index (Phi) is 3.44. The van der Waals surface area contributed by atoms with Crippen LogP contribution in [0.25, 0.3) is 0 Å². The second-order valence-corrected chi connectivity index (χ2v) is 4.93. The number of nitriles is 1. The van der Waals surface area contributed by atoms with Crippen LogP contribution in [0, 0.1) is 17.1 Å². The van der Waals surface area contributed by atoms with E-state index in [1.165, 1.54) is 19.2 Å². The third kappa shape index (κ3) is 2.52. The molecule has 1 aliphatic carbocycles. The highest BCUT2D eigenvalue weighted by Crippen LogP contribution is 2.31. The van der Waals surface area contributed by atoms with Gasteiger partial charge < -0.3 is 10.1 Å². The molecule has 106 valence electrons. The number of halogens is 1. The number of hydrogen-bond acceptors (Lipinski definition) is 4. The van der Waals surface area contributed by atoms with Crippen LogP contribution in [0.5, 0.6) is 5.75 Å². The predicted molar refractivity (Wildman–Crippen MR) is 77.2 cm³/mol. The molecular weight excluding hydrogens is 269 g/mol. The molecule has 0 aliphatic heterocycles. The van der Waals surface area contributed by atoms with E-state index in [4.69, 9.17) is 4.74 Å². The molecule has 5 heteroatoms. The van der Waals surface area contributed by atoms with E-state index >= 15 is 0 Å². The van der Waals surface area contributed by atoms with Crippen molar-refractivity contribution in [1.29, 1.82) is 5.26 Å². The minimum atomic E-state index is -0.375. The summed E-state index contributed by atoms with van der Waals surface area (Å²) in [5.74, 6) is 0.490. The number of ether oxygens (including phenoxy) is 1. The first-order chi connectivity index (χ1) is 10.2. The number of rotatable bonds is 3. The Bertz CT molecular complexity index is 737. The lowest BCUT2D eigenvalue weighted by Gasteiger charge is -2.13. The van der Waals surface area contributed by atoms with Crippen molar-refractivity contribution in [3.8, 4) is 11.8 Å². The summed E-state index contributed by atoms with van der Waals surface area (Å²) < 4.78 is 18.4. The normalized spacial score (nSPS) is 12.6. The summed E-state index contributed by atoms with van der Waals surface area (Å²) in [4.78, 5) is 4.53. The summed E-state index contributed by atoms with van der Waals surface area (Å²) in [7, 11) is 1.47. The lowest BCUT2D eigenvalue weighted by Crippen LogP contribution is -2.02. The molecule has 0 unspecified atom stereocenters. The van der Waals surface area contributed by atoms with Crippen molar-refractivity contribution in [2.24, 2.45) is 0 Å². The van der Waals surface area contributed by atoms with Gasteiger partial charge in [0.15, 0.2) is 0 Å². The molecule has 0 amide bonds. The molecule has 1 aromatic carbocycles. The fourth-order valence-electron chi connectivity index (χ4n) is 2.55. The summed E-state index contributed by atoms with van der Waals surface area (Å²) in [5.41, 5.74) is 3.24. The molecule has 1 N–H and O–H groups in total. The van der Waals surface area contributed by atoms with Crippen LogP contribution in [0.4, 0.5) is 15.9 Å². The summed E-state index contributed by atoms with van der Waals surface area (Å²) in [6.45, 7) is 0. The number of pyridine rings is 1. The molecule has 1 heterocycles. The molecule has 0 radical (unpaired) electrons. The number of hydrogen-bond donors (Lipinski definition) is 1. The number of nitrogens with one attached hydrogen (secondary N) is 1. The first kappa shape index (κ1) is 13.4. The van der Waals surface area contributed by atoms with Crippen LogP contribution in [0.1, 0.15) is 23.2 Å². The first-order valence-electron chi connectivity index (χ1n) is 6.74. The SMILES string of the molecule is COc1cc(F)ccc1Nc1nc2c(cc1C#N)CCC2. The number of fused-ring (bicyclic) bond motifs is 1. The van der Waals surface area contributed by atoms with E-state index in [-0.39, 0.29) is 5.82 Å². The van der Waals surface area contributed by atoms with E-state index in [2.05, 4.69) is 16.4 Å². The van der Waals surface area contributed by atoms with Crippen molar-refractivity contribution in [2.45, 2.75) is 19.3 Å². The zero-order valence-electron chi connectivity index (χ0n) is 11.6. The smallest absolute Gasteiger partial charge is 0.148 e. The predicted octanol–water partition coefficient (Wildman–Crippen LogP) is 3.33. The molecule has 4 nitrogen and oxygen atoms in total. The lowest BCUT2D eigenvalue weighted by atomic mass is 10.1. The molecule has 0 fully saturated rings.